The zero-order valence-corrected chi connectivity index (χ0v) is 22.5. The number of carboxylic acid groups (broad SMARTS) is 1. The van der Waals surface area contributed by atoms with Crippen LogP contribution in [-0.2, 0) is 19.2 Å². The Morgan fingerprint density at radius 1 is 1.03 bits per heavy atom. The van der Waals surface area contributed by atoms with Crippen LogP contribution in [0.15, 0.2) is 22.8 Å². The number of hydrogen-bond acceptors (Lipinski definition) is 4. The number of carbonyl (C=O) groups excluding carboxylic acids is 3. The number of ketones is 3. The minimum absolute atomic E-state index is 0.00839. The minimum Gasteiger partial charge on any atom is -0.478 e. The van der Waals surface area contributed by atoms with E-state index >= 15 is 0 Å². The fraction of sp³-hybridized carbons (Fsp3) is 0.733. The summed E-state index contributed by atoms with van der Waals surface area (Å²) < 4.78 is 0. The number of fused-ring (bicyclic) bond motifs is 4. The summed E-state index contributed by atoms with van der Waals surface area (Å²) in [6.45, 7) is 14.3. The Morgan fingerprint density at radius 2 is 1.69 bits per heavy atom. The first-order valence-corrected chi connectivity index (χ1v) is 13.4. The van der Waals surface area contributed by atoms with Gasteiger partial charge in [0.1, 0.15) is 11.6 Å². The first kappa shape index (κ1) is 26.0. The molecule has 6 atom stereocenters. The minimum atomic E-state index is -0.893. The molecule has 35 heavy (non-hydrogen) atoms. The third kappa shape index (κ3) is 3.47. The maximum absolute atomic E-state index is 13.9. The summed E-state index contributed by atoms with van der Waals surface area (Å²) in [5, 5.41) is 9.14. The van der Waals surface area contributed by atoms with Crippen molar-refractivity contribution in [3.63, 3.8) is 0 Å². The largest absolute Gasteiger partial charge is 0.478 e. The molecule has 4 aliphatic carbocycles. The molecule has 192 valence electrons. The van der Waals surface area contributed by atoms with E-state index in [1.165, 1.54) is 5.57 Å². The van der Waals surface area contributed by atoms with Crippen LogP contribution in [0.25, 0.3) is 0 Å². The summed E-state index contributed by atoms with van der Waals surface area (Å²) in [5.41, 5.74) is 0.482. The van der Waals surface area contributed by atoms with E-state index in [1.54, 1.807) is 13.0 Å². The van der Waals surface area contributed by atoms with Crippen LogP contribution >= 0.6 is 0 Å². The van der Waals surface area contributed by atoms with E-state index in [2.05, 4.69) is 20.8 Å². The van der Waals surface area contributed by atoms with Crippen LogP contribution < -0.4 is 0 Å². The topological polar surface area (TPSA) is 88.5 Å². The molecular formula is C30H42O5. The van der Waals surface area contributed by atoms with E-state index in [-0.39, 0.29) is 45.9 Å². The van der Waals surface area contributed by atoms with E-state index in [0.717, 1.165) is 31.3 Å². The molecule has 2 unspecified atom stereocenters. The molecule has 0 aromatic rings. The second-order valence-corrected chi connectivity index (χ2v) is 13.1. The SMILES string of the molecule is C/C(=C\CCC(C)[C@H]1CC(=O)[C@@]2(C)C3=C(CC[C@]12C)[C@@]1(C)CCC(=O)C(C)(C)C1CC3=O)C(=O)O. The summed E-state index contributed by atoms with van der Waals surface area (Å²) in [7, 11) is 0. The lowest BCUT2D eigenvalue weighted by Gasteiger charge is -2.59. The van der Waals surface area contributed by atoms with Gasteiger partial charge in [-0.15, -0.1) is 0 Å². The van der Waals surface area contributed by atoms with Crippen LogP contribution in [0.2, 0.25) is 0 Å². The normalized spacial score (nSPS) is 39.7. The fourth-order valence-electron chi connectivity index (χ4n) is 8.68. The predicted octanol–water partition coefficient (Wildman–Crippen LogP) is 6.11. The first-order valence-electron chi connectivity index (χ1n) is 13.4. The van der Waals surface area contributed by atoms with Crippen molar-refractivity contribution in [2.45, 2.75) is 99.8 Å². The molecule has 0 aromatic carbocycles. The van der Waals surface area contributed by atoms with Gasteiger partial charge in [0.25, 0.3) is 0 Å². The third-order valence-electron chi connectivity index (χ3n) is 11.3. The number of allylic oxidation sites excluding steroid dienone is 3. The maximum Gasteiger partial charge on any atom is 0.330 e. The summed E-state index contributed by atoms with van der Waals surface area (Å²) in [4.78, 5) is 51.6. The molecule has 1 N–H and O–H groups in total. The van der Waals surface area contributed by atoms with Gasteiger partial charge in [-0.25, -0.2) is 4.79 Å². The standard InChI is InChI=1S/C30H42O5/c1-17(9-8-10-18(2)26(34)35)20-15-24(33)30(7)25-19(11-14-29(20,30)6)28(5)13-12-23(32)27(3,4)22(28)16-21(25)31/h10,17,20,22H,8-9,11-16H2,1-7H3,(H,34,35)/b18-10+/t17?,20-,22?,28-,29-,30+/m1/s1. The Kier molecular flexibility index (Phi) is 6.13. The molecule has 0 radical (unpaired) electrons. The lowest BCUT2D eigenvalue weighted by Crippen LogP contribution is -2.57. The van der Waals surface area contributed by atoms with E-state index < -0.39 is 16.8 Å². The highest BCUT2D eigenvalue weighted by Gasteiger charge is 2.68. The molecule has 4 aliphatic rings. The average molecular weight is 483 g/mol. The Morgan fingerprint density at radius 3 is 2.31 bits per heavy atom. The molecular weight excluding hydrogens is 440 g/mol. The molecule has 0 bridgehead atoms. The molecule has 5 heteroatoms. The van der Waals surface area contributed by atoms with Crippen molar-refractivity contribution in [3.8, 4) is 0 Å². The zero-order valence-electron chi connectivity index (χ0n) is 22.5. The summed E-state index contributed by atoms with van der Waals surface area (Å²) >= 11 is 0. The Hall–Kier alpha value is -2.04. The van der Waals surface area contributed by atoms with Crippen molar-refractivity contribution in [2.24, 2.45) is 39.4 Å². The smallest absolute Gasteiger partial charge is 0.330 e. The number of carbonyl (C=O) groups is 4. The Balaban J connectivity index is 1.71. The molecule has 5 nitrogen and oxygen atoms in total. The summed E-state index contributed by atoms with van der Waals surface area (Å²) in [5.74, 6) is 0.0281. The predicted molar refractivity (Wildman–Crippen MR) is 135 cm³/mol. The van der Waals surface area contributed by atoms with Gasteiger partial charge in [-0.2, -0.15) is 0 Å². The van der Waals surface area contributed by atoms with Crippen LogP contribution in [0.3, 0.4) is 0 Å². The number of aliphatic carboxylic acids is 1. The number of carboxylic acids is 1. The Labute approximate surface area is 209 Å². The first-order chi connectivity index (χ1) is 16.1. The Bertz CT molecular complexity index is 1060. The zero-order chi connectivity index (χ0) is 26.1. The van der Waals surface area contributed by atoms with Crippen LogP contribution in [0.1, 0.15) is 99.8 Å². The van der Waals surface area contributed by atoms with Crippen molar-refractivity contribution < 1.29 is 24.3 Å². The van der Waals surface area contributed by atoms with Gasteiger partial charge in [0.2, 0.25) is 0 Å². The molecule has 0 heterocycles. The van der Waals surface area contributed by atoms with Gasteiger partial charge < -0.3 is 5.11 Å². The van der Waals surface area contributed by atoms with Crippen molar-refractivity contribution in [1.82, 2.24) is 0 Å². The number of hydrogen-bond donors (Lipinski definition) is 1. The van der Waals surface area contributed by atoms with Crippen molar-refractivity contribution >= 4 is 23.3 Å². The van der Waals surface area contributed by atoms with Gasteiger partial charge in [0.15, 0.2) is 5.78 Å². The summed E-state index contributed by atoms with van der Waals surface area (Å²) in [6, 6.07) is 0. The highest BCUT2D eigenvalue weighted by Crippen LogP contribution is 2.70. The average Bonchev–Trinajstić information content (AvgIpc) is 2.99. The molecule has 0 aromatic heterocycles. The van der Waals surface area contributed by atoms with Gasteiger partial charge in [0.05, 0.1) is 5.41 Å². The molecule has 0 saturated heterocycles. The van der Waals surface area contributed by atoms with E-state index in [0.29, 0.717) is 31.3 Å². The van der Waals surface area contributed by atoms with Crippen LogP contribution in [0.5, 0.6) is 0 Å². The molecule has 4 rings (SSSR count). The van der Waals surface area contributed by atoms with Gasteiger partial charge in [-0.3, -0.25) is 14.4 Å². The summed E-state index contributed by atoms with van der Waals surface area (Å²) in [6.07, 6.45) is 7.09. The van der Waals surface area contributed by atoms with Crippen molar-refractivity contribution in [3.05, 3.63) is 22.8 Å². The van der Waals surface area contributed by atoms with E-state index in [1.807, 2.05) is 20.8 Å². The van der Waals surface area contributed by atoms with Crippen LogP contribution in [0, 0.1) is 39.4 Å². The highest BCUT2D eigenvalue weighted by molar-refractivity contribution is 6.08. The maximum atomic E-state index is 13.9. The van der Waals surface area contributed by atoms with Gasteiger partial charge in [-0.05, 0) is 74.5 Å². The molecule has 0 amide bonds. The molecule has 2 saturated carbocycles. The van der Waals surface area contributed by atoms with Crippen molar-refractivity contribution in [1.29, 1.82) is 0 Å². The quantitative estimate of drug-likeness (QED) is 0.478. The van der Waals surface area contributed by atoms with Crippen molar-refractivity contribution in [2.75, 3.05) is 0 Å². The third-order valence-corrected chi connectivity index (χ3v) is 11.3. The molecule has 2 fully saturated rings. The lowest BCUT2D eigenvalue weighted by atomic mass is 9.43. The monoisotopic (exact) mass is 482 g/mol. The molecule has 0 aliphatic heterocycles. The second kappa shape index (κ2) is 8.24. The second-order valence-electron chi connectivity index (χ2n) is 13.1. The van der Waals surface area contributed by atoms with Gasteiger partial charge in [0, 0.05) is 35.8 Å². The van der Waals surface area contributed by atoms with Gasteiger partial charge >= 0.3 is 5.97 Å². The highest BCUT2D eigenvalue weighted by atomic mass is 16.4. The molecule has 0 spiro atoms. The van der Waals surface area contributed by atoms with E-state index in [4.69, 9.17) is 5.11 Å². The fourth-order valence-corrected chi connectivity index (χ4v) is 8.68. The van der Waals surface area contributed by atoms with E-state index in [9.17, 15) is 19.2 Å². The number of Topliss-reactive ketones (excluding diaryl/α,β-unsaturated/α-hetero) is 3. The van der Waals surface area contributed by atoms with Crippen LogP contribution in [0.4, 0.5) is 0 Å². The van der Waals surface area contributed by atoms with Gasteiger partial charge in [-0.1, -0.05) is 46.3 Å². The number of rotatable bonds is 5. The van der Waals surface area contributed by atoms with Crippen LogP contribution in [-0.4, -0.2) is 28.4 Å². The lowest BCUT2D eigenvalue weighted by molar-refractivity contribution is -0.144.